The molecule has 88 valence electrons. The van der Waals surface area contributed by atoms with Crippen molar-refractivity contribution in [3.05, 3.63) is 40.0 Å². The molecular weight excluding hydrogens is 261 g/mol. The van der Waals surface area contributed by atoms with Crippen molar-refractivity contribution < 1.29 is 9.47 Å². The van der Waals surface area contributed by atoms with E-state index < -0.39 is 6.29 Å². The summed E-state index contributed by atoms with van der Waals surface area (Å²) in [5, 5.41) is 2.00. The first-order valence-corrected chi connectivity index (χ1v) is 5.98. The summed E-state index contributed by atoms with van der Waals surface area (Å²) in [5.74, 6) is 0. The zero-order valence-electron chi connectivity index (χ0n) is 8.82. The number of pyridine rings is 1. The number of fused-ring (bicyclic) bond motifs is 1. The fourth-order valence-corrected chi connectivity index (χ4v) is 2.26. The molecule has 1 aromatic carbocycles. The Bertz CT molecular complexity index is 568. The van der Waals surface area contributed by atoms with Crippen LogP contribution < -0.4 is 0 Å². The minimum Gasteiger partial charge on any atom is -0.346 e. The summed E-state index contributed by atoms with van der Waals surface area (Å²) in [6.45, 7) is 1.16. The number of ether oxygens (including phenoxy) is 2. The van der Waals surface area contributed by atoms with Crippen molar-refractivity contribution in [3.8, 4) is 0 Å². The third kappa shape index (κ3) is 2.11. The summed E-state index contributed by atoms with van der Waals surface area (Å²) in [4.78, 5) is 4.31. The average molecular weight is 270 g/mol. The van der Waals surface area contributed by atoms with Crippen LogP contribution in [0.5, 0.6) is 0 Å². The molecule has 2 heterocycles. The molecule has 0 amide bonds. The van der Waals surface area contributed by atoms with Gasteiger partial charge in [-0.3, -0.25) is 0 Å². The van der Waals surface area contributed by atoms with Crippen molar-refractivity contribution in [1.82, 2.24) is 4.98 Å². The van der Waals surface area contributed by atoms with Gasteiger partial charge in [-0.25, -0.2) is 4.98 Å². The van der Waals surface area contributed by atoms with Crippen molar-refractivity contribution in [1.29, 1.82) is 0 Å². The van der Waals surface area contributed by atoms with Crippen LogP contribution in [0.1, 0.15) is 11.9 Å². The standard InChI is InChI=1S/C12H9Cl2NO2/c13-8-1-2-10-7(5-8)6-9(11(14)15-10)12-16-3-4-17-12/h1-2,5-6,12H,3-4H2. The fraction of sp³-hybridized carbons (Fsp3) is 0.250. The van der Waals surface area contributed by atoms with Gasteiger partial charge in [-0.15, -0.1) is 0 Å². The Kier molecular flexibility index (Phi) is 2.92. The monoisotopic (exact) mass is 269 g/mol. The molecule has 3 rings (SSSR count). The van der Waals surface area contributed by atoms with Crippen LogP contribution in [0, 0.1) is 0 Å². The molecule has 5 heteroatoms. The average Bonchev–Trinajstić information content (AvgIpc) is 2.82. The highest BCUT2D eigenvalue weighted by molar-refractivity contribution is 6.32. The molecule has 3 nitrogen and oxygen atoms in total. The van der Waals surface area contributed by atoms with Gasteiger partial charge in [0.05, 0.1) is 18.7 Å². The lowest BCUT2D eigenvalue weighted by Crippen LogP contribution is -2.00. The van der Waals surface area contributed by atoms with E-state index in [-0.39, 0.29) is 0 Å². The Morgan fingerprint density at radius 2 is 1.88 bits per heavy atom. The highest BCUT2D eigenvalue weighted by atomic mass is 35.5. The number of nitrogens with zero attached hydrogens (tertiary/aromatic N) is 1. The lowest BCUT2D eigenvalue weighted by Gasteiger charge is -2.11. The zero-order valence-corrected chi connectivity index (χ0v) is 10.3. The van der Waals surface area contributed by atoms with E-state index in [0.717, 1.165) is 16.5 Å². The Morgan fingerprint density at radius 3 is 2.65 bits per heavy atom. The van der Waals surface area contributed by atoms with Crippen LogP contribution in [0.15, 0.2) is 24.3 Å². The summed E-state index contributed by atoms with van der Waals surface area (Å²) in [5.41, 5.74) is 1.56. The molecule has 1 saturated heterocycles. The molecule has 0 spiro atoms. The van der Waals surface area contributed by atoms with Crippen LogP contribution in [-0.2, 0) is 9.47 Å². The van der Waals surface area contributed by atoms with Crippen LogP contribution in [0.25, 0.3) is 10.9 Å². The number of halogens is 2. The van der Waals surface area contributed by atoms with Crippen molar-refractivity contribution in [2.45, 2.75) is 6.29 Å². The number of rotatable bonds is 1. The van der Waals surface area contributed by atoms with E-state index in [4.69, 9.17) is 32.7 Å². The molecule has 2 aromatic rings. The molecule has 0 bridgehead atoms. The molecule has 1 aliphatic heterocycles. The highest BCUT2D eigenvalue weighted by Crippen LogP contribution is 2.31. The molecule has 1 aliphatic rings. The summed E-state index contributed by atoms with van der Waals surface area (Å²) >= 11 is 12.1. The van der Waals surface area contributed by atoms with Gasteiger partial charge >= 0.3 is 0 Å². The van der Waals surface area contributed by atoms with E-state index >= 15 is 0 Å². The van der Waals surface area contributed by atoms with Crippen molar-refractivity contribution in [2.75, 3.05) is 13.2 Å². The third-order valence-corrected chi connectivity index (χ3v) is 3.17. The Hall–Kier alpha value is -0.870. The van der Waals surface area contributed by atoms with Gasteiger partial charge in [0.15, 0.2) is 6.29 Å². The lowest BCUT2D eigenvalue weighted by atomic mass is 10.1. The largest absolute Gasteiger partial charge is 0.346 e. The maximum absolute atomic E-state index is 6.12. The topological polar surface area (TPSA) is 31.4 Å². The van der Waals surface area contributed by atoms with Crippen molar-refractivity contribution in [2.24, 2.45) is 0 Å². The Balaban J connectivity index is 2.14. The number of hydrogen-bond donors (Lipinski definition) is 0. The predicted octanol–water partition coefficient (Wildman–Crippen LogP) is 3.59. The minimum atomic E-state index is -0.418. The van der Waals surface area contributed by atoms with Crippen LogP contribution in [0.3, 0.4) is 0 Å². The van der Waals surface area contributed by atoms with E-state index in [2.05, 4.69) is 4.98 Å². The van der Waals surface area contributed by atoms with Gasteiger partial charge in [-0.2, -0.15) is 0 Å². The molecule has 0 radical (unpaired) electrons. The van der Waals surface area contributed by atoms with Crippen LogP contribution in [-0.4, -0.2) is 18.2 Å². The first-order chi connectivity index (χ1) is 8.24. The van der Waals surface area contributed by atoms with E-state index in [1.807, 2.05) is 18.2 Å². The van der Waals surface area contributed by atoms with E-state index in [9.17, 15) is 0 Å². The summed E-state index contributed by atoms with van der Waals surface area (Å²) in [7, 11) is 0. The van der Waals surface area contributed by atoms with Gasteiger partial charge in [0.1, 0.15) is 5.15 Å². The van der Waals surface area contributed by atoms with Gasteiger partial charge in [-0.1, -0.05) is 23.2 Å². The van der Waals surface area contributed by atoms with Crippen LogP contribution in [0.2, 0.25) is 10.2 Å². The number of aromatic nitrogens is 1. The van der Waals surface area contributed by atoms with Gasteiger partial charge in [0.25, 0.3) is 0 Å². The molecular formula is C12H9Cl2NO2. The molecule has 0 saturated carbocycles. The molecule has 1 fully saturated rings. The van der Waals surface area contributed by atoms with E-state index in [1.54, 1.807) is 6.07 Å². The van der Waals surface area contributed by atoms with Gasteiger partial charge in [0.2, 0.25) is 0 Å². The van der Waals surface area contributed by atoms with Crippen LogP contribution in [0.4, 0.5) is 0 Å². The SMILES string of the molecule is Clc1ccc2nc(Cl)c(C3OCCO3)cc2c1. The summed E-state index contributed by atoms with van der Waals surface area (Å²) < 4.78 is 10.8. The molecule has 0 atom stereocenters. The fourth-order valence-electron chi connectivity index (χ4n) is 1.84. The summed E-state index contributed by atoms with van der Waals surface area (Å²) in [6, 6.07) is 7.38. The van der Waals surface area contributed by atoms with Gasteiger partial charge in [-0.05, 0) is 24.3 Å². The highest BCUT2D eigenvalue weighted by Gasteiger charge is 2.22. The second-order valence-electron chi connectivity index (χ2n) is 3.78. The normalized spacial score (nSPS) is 16.8. The van der Waals surface area contributed by atoms with Crippen molar-refractivity contribution >= 4 is 34.1 Å². The molecule has 0 N–H and O–H groups in total. The lowest BCUT2D eigenvalue weighted by molar-refractivity contribution is -0.0441. The maximum atomic E-state index is 6.12. The van der Waals surface area contributed by atoms with E-state index in [0.29, 0.717) is 23.4 Å². The first kappa shape index (κ1) is 11.2. The predicted molar refractivity (Wildman–Crippen MR) is 66.4 cm³/mol. The maximum Gasteiger partial charge on any atom is 0.187 e. The van der Waals surface area contributed by atoms with Crippen molar-refractivity contribution in [3.63, 3.8) is 0 Å². The summed E-state index contributed by atoms with van der Waals surface area (Å²) in [6.07, 6.45) is -0.418. The number of benzene rings is 1. The first-order valence-electron chi connectivity index (χ1n) is 5.23. The zero-order chi connectivity index (χ0) is 11.8. The molecule has 17 heavy (non-hydrogen) atoms. The Labute approximate surface area is 108 Å². The van der Waals surface area contributed by atoms with Gasteiger partial charge in [0, 0.05) is 16.0 Å². The quantitative estimate of drug-likeness (QED) is 0.742. The minimum absolute atomic E-state index is 0.409. The third-order valence-electron chi connectivity index (χ3n) is 2.63. The second kappa shape index (κ2) is 4.42. The van der Waals surface area contributed by atoms with Gasteiger partial charge < -0.3 is 9.47 Å². The molecule has 1 aromatic heterocycles. The molecule has 0 unspecified atom stereocenters. The smallest absolute Gasteiger partial charge is 0.187 e. The second-order valence-corrected chi connectivity index (χ2v) is 4.57. The number of hydrogen-bond acceptors (Lipinski definition) is 3. The van der Waals surface area contributed by atoms with E-state index in [1.165, 1.54) is 0 Å². The van der Waals surface area contributed by atoms with Crippen LogP contribution >= 0.6 is 23.2 Å². The Morgan fingerprint density at radius 1 is 1.12 bits per heavy atom. The molecule has 0 aliphatic carbocycles.